The predicted octanol–water partition coefficient (Wildman–Crippen LogP) is 4.25. The van der Waals surface area contributed by atoms with Crippen molar-refractivity contribution in [1.82, 2.24) is 14.7 Å². The van der Waals surface area contributed by atoms with Gasteiger partial charge >= 0.3 is 0 Å². The lowest BCUT2D eigenvalue weighted by Gasteiger charge is -2.27. The fraction of sp³-hybridized carbons (Fsp3) is 0.250. The van der Waals surface area contributed by atoms with Crippen LogP contribution in [0.4, 0.5) is 5.69 Å². The number of nitrogens with one attached hydrogen (secondary N) is 1. The van der Waals surface area contributed by atoms with Crippen LogP contribution in [-0.4, -0.2) is 59.8 Å². The smallest absolute Gasteiger partial charge is 0.249 e. The molecule has 4 aromatic rings. The Kier molecular flexibility index (Phi) is 7.33. The first-order valence-electron chi connectivity index (χ1n) is 13.5. The molecule has 41 heavy (non-hydrogen) atoms. The Bertz CT molecular complexity index is 1650. The third-order valence-electron chi connectivity index (χ3n) is 7.57. The van der Waals surface area contributed by atoms with E-state index in [0.29, 0.717) is 37.6 Å². The number of ether oxygens (including phenoxy) is 2. The van der Waals surface area contributed by atoms with E-state index in [1.54, 1.807) is 10.7 Å². The summed E-state index contributed by atoms with van der Waals surface area (Å²) in [6.07, 6.45) is 0.497. The highest BCUT2D eigenvalue weighted by Crippen LogP contribution is 2.40. The summed E-state index contributed by atoms with van der Waals surface area (Å²) in [6.45, 7) is 3.56. The van der Waals surface area contributed by atoms with Crippen molar-refractivity contribution >= 4 is 17.4 Å². The van der Waals surface area contributed by atoms with Crippen molar-refractivity contribution in [2.45, 2.75) is 13.0 Å². The molecule has 3 aromatic carbocycles. The summed E-state index contributed by atoms with van der Waals surface area (Å²) in [7, 11) is 1.54. The highest BCUT2D eigenvalue weighted by Gasteiger charge is 2.36. The van der Waals surface area contributed by atoms with Crippen molar-refractivity contribution in [1.29, 1.82) is 5.26 Å². The van der Waals surface area contributed by atoms with Crippen molar-refractivity contribution in [3.05, 3.63) is 95.2 Å². The van der Waals surface area contributed by atoms with Gasteiger partial charge in [0.1, 0.15) is 11.4 Å². The van der Waals surface area contributed by atoms with Crippen molar-refractivity contribution in [3.63, 3.8) is 0 Å². The van der Waals surface area contributed by atoms with Gasteiger partial charge in [-0.1, -0.05) is 54.6 Å². The molecule has 1 amide bonds. The molecule has 1 aromatic heterocycles. The van der Waals surface area contributed by atoms with Crippen LogP contribution in [0.1, 0.15) is 27.2 Å². The van der Waals surface area contributed by atoms with Gasteiger partial charge in [-0.05, 0) is 23.8 Å². The van der Waals surface area contributed by atoms with Crippen LogP contribution >= 0.6 is 0 Å². The summed E-state index contributed by atoms with van der Waals surface area (Å²) in [4.78, 5) is 29.5. The largest absolute Gasteiger partial charge is 0.494 e. The fourth-order valence-corrected chi connectivity index (χ4v) is 5.57. The number of morpholine rings is 1. The highest BCUT2D eigenvalue weighted by molar-refractivity contribution is 6.16. The number of carbonyl (C=O) groups excluding carboxylic acids is 2. The van der Waals surface area contributed by atoms with Gasteiger partial charge in [0.05, 0.1) is 43.5 Å². The summed E-state index contributed by atoms with van der Waals surface area (Å²) in [5.41, 5.74) is 5.81. The highest BCUT2D eigenvalue weighted by atomic mass is 16.5. The number of nitriles is 1. The molecule has 9 heteroatoms. The monoisotopic (exact) mass is 547 g/mol. The third kappa shape index (κ3) is 4.99. The summed E-state index contributed by atoms with van der Waals surface area (Å²) < 4.78 is 12.8. The molecule has 0 saturated carbocycles. The van der Waals surface area contributed by atoms with Gasteiger partial charge in [0.15, 0.2) is 5.92 Å². The average molecular weight is 548 g/mol. The van der Waals surface area contributed by atoms with Crippen LogP contribution in [0.25, 0.3) is 16.9 Å². The quantitative estimate of drug-likeness (QED) is 0.229. The second-order valence-corrected chi connectivity index (χ2v) is 10.1. The Balaban J connectivity index is 1.30. The number of Topliss-reactive ketones (excluding diaryl/α,β-unsaturated/α-hetero) is 1. The van der Waals surface area contributed by atoms with E-state index < -0.39 is 17.6 Å². The molecule has 1 aliphatic carbocycles. The maximum Gasteiger partial charge on any atom is 0.249 e. The second-order valence-electron chi connectivity index (χ2n) is 10.1. The molecule has 1 saturated heterocycles. The molecule has 2 aliphatic rings. The Morgan fingerprint density at radius 2 is 1.80 bits per heavy atom. The van der Waals surface area contributed by atoms with Crippen molar-refractivity contribution in [2.24, 2.45) is 5.92 Å². The van der Waals surface area contributed by atoms with Gasteiger partial charge in [-0.25, -0.2) is 4.68 Å². The molecule has 6 rings (SSSR count). The van der Waals surface area contributed by atoms with Crippen LogP contribution in [-0.2, 0) is 22.5 Å². The lowest BCUT2D eigenvalue weighted by Crippen LogP contribution is -2.35. The Labute approximate surface area is 237 Å². The van der Waals surface area contributed by atoms with E-state index in [4.69, 9.17) is 9.47 Å². The molecule has 0 spiro atoms. The zero-order chi connectivity index (χ0) is 28.3. The zero-order valence-electron chi connectivity index (χ0n) is 22.7. The van der Waals surface area contributed by atoms with E-state index in [1.807, 2.05) is 72.8 Å². The van der Waals surface area contributed by atoms with Crippen LogP contribution in [0.2, 0.25) is 0 Å². The molecule has 1 unspecified atom stereocenters. The molecule has 0 radical (unpaired) electrons. The number of hydrogen-bond acceptors (Lipinski definition) is 7. The molecule has 1 atom stereocenters. The van der Waals surface area contributed by atoms with E-state index in [-0.39, 0.29) is 5.69 Å². The molecule has 9 nitrogen and oxygen atoms in total. The maximum atomic E-state index is 13.8. The van der Waals surface area contributed by atoms with Gasteiger partial charge in [-0.2, -0.15) is 10.4 Å². The van der Waals surface area contributed by atoms with Gasteiger partial charge in [0.25, 0.3) is 0 Å². The lowest BCUT2D eigenvalue weighted by atomic mass is 9.98. The standard InChI is InChI=1S/C32H29N5O4/c1-40-31-22(20-36-14-16-41-17-15-36)9-7-13-27(31)34-32(39)26(19-33)30(38)28-25-18-21-8-5-6-12-24(21)29(25)37(35-28)23-10-3-2-4-11-23/h2-13,26H,14-18,20H2,1H3,(H,34,39). The topological polar surface area (TPSA) is 109 Å². The Hall–Kier alpha value is -4.78. The first-order valence-corrected chi connectivity index (χ1v) is 13.5. The van der Waals surface area contributed by atoms with E-state index in [9.17, 15) is 14.9 Å². The van der Waals surface area contributed by atoms with Gasteiger partial charge in [0, 0.05) is 42.7 Å². The molecule has 0 bridgehead atoms. The van der Waals surface area contributed by atoms with Gasteiger partial charge in [-0.3, -0.25) is 14.5 Å². The van der Waals surface area contributed by atoms with Gasteiger partial charge in [-0.15, -0.1) is 0 Å². The number of para-hydroxylation sites is 2. The van der Waals surface area contributed by atoms with Crippen molar-refractivity contribution in [3.8, 4) is 28.8 Å². The van der Waals surface area contributed by atoms with E-state index in [2.05, 4.69) is 15.3 Å². The molecule has 206 valence electrons. The number of aromatic nitrogens is 2. The Morgan fingerprint density at radius 1 is 1.05 bits per heavy atom. The summed E-state index contributed by atoms with van der Waals surface area (Å²) in [6, 6.07) is 24.8. The van der Waals surface area contributed by atoms with Crippen molar-refractivity contribution in [2.75, 3.05) is 38.7 Å². The minimum Gasteiger partial charge on any atom is -0.494 e. The molecule has 1 aliphatic heterocycles. The van der Waals surface area contributed by atoms with Gasteiger partial charge in [0.2, 0.25) is 11.7 Å². The predicted molar refractivity (Wildman–Crippen MR) is 153 cm³/mol. The number of amides is 1. The molecular formula is C32H29N5O4. The van der Waals surface area contributed by atoms with E-state index >= 15 is 0 Å². The number of fused-ring (bicyclic) bond motifs is 3. The Morgan fingerprint density at radius 3 is 2.56 bits per heavy atom. The number of anilines is 1. The fourth-order valence-electron chi connectivity index (χ4n) is 5.57. The van der Waals surface area contributed by atoms with Crippen LogP contribution in [0, 0.1) is 17.2 Å². The number of methoxy groups -OCH3 is 1. The SMILES string of the molecule is COc1c(CN2CCOCC2)cccc1NC(=O)C(C#N)C(=O)c1nn(-c2ccccc2)c2c1Cc1ccccc1-2. The third-order valence-corrected chi connectivity index (χ3v) is 7.57. The number of hydrogen-bond donors (Lipinski definition) is 1. The van der Waals surface area contributed by atoms with Crippen LogP contribution in [0.15, 0.2) is 72.8 Å². The first kappa shape index (κ1) is 26.4. The van der Waals surface area contributed by atoms with Crippen molar-refractivity contribution < 1.29 is 19.1 Å². The summed E-state index contributed by atoms with van der Waals surface area (Å²) >= 11 is 0. The molecule has 2 heterocycles. The number of benzene rings is 3. The minimum atomic E-state index is -1.59. The lowest BCUT2D eigenvalue weighted by molar-refractivity contribution is -0.117. The first-order chi connectivity index (χ1) is 20.1. The number of ketones is 1. The number of carbonyl (C=O) groups is 2. The molecular weight excluding hydrogens is 518 g/mol. The summed E-state index contributed by atoms with van der Waals surface area (Å²) in [5, 5.41) is 17.5. The van der Waals surface area contributed by atoms with Crippen LogP contribution < -0.4 is 10.1 Å². The maximum absolute atomic E-state index is 13.8. The molecule has 1 fully saturated rings. The number of rotatable bonds is 8. The minimum absolute atomic E-state index is 0.134. The second kappa shape index (κ2) is 11.4. The summed E-state index contributed by atoms with van der Waals surface area (Å²) in [5.74, 6) is -2.44. The average Bonchev–Trinajstić information content (AvgIpc) is 3.56. The number of nitrogens with zero attached hydrogens (tertiary/aromatic N) is 4. The molecule has 1 N–H and O–H groups in total. The zero-order valence-corrected chi connectivity index (χ0v) is 22.7. The van der Waals surface area contributed by atoms with Crippen LogP contribution in [0.3, 0.4) is 0 Å². The van der Waals surface area contributed by atoms with E-state index in [1.165, 1.54) is 7.11 Å². The van der Waals surface area contributed by atoms with Gasteiger partial charge < -0.3 is 14.8 Å². The normalized spacial score (nSPS) is 14.9. The van der Waals surface area contributed by atoms with E-state index in [0.717, 1.165) is 46.7 Å². The van der Waals surface area contributed by atoms with Crippen LogP contribution in [0.5, 0.6) is 5.75 Å².